The van der Waals surface area contributed by atoms with Crippen molar-refractivity contribution in [2.75, 3.05) is 4.90 Å². The van der Waals surface area contributed by atoms with Crippen molar-refractivity contribution in [3.8, 4) is 0 Å². The number of para-hydroxylation sites is 2. The Morgan fingerprint density at radius 1 is 1.09 bits per heavy atom. The third-order valence-corrected chi connectivity index (χ3v) is 5.05. The molecule has 0 aromatic heterocycles. The maximum Gasteiger partial charge on any atom is 0.293 e. The van der Waals surface area contributed by atoms with Crippen LogP contribution in [0, 0.1) is 22.0 Å². The minimum Gasteiger partial charge on any atom is -0.359 e. The topological polar surface area (TPSA) is 89.8 Å². The van der Waals surface area contributed by atoms with Crippen molar-refractivity contribution in [3.05, 3.63) is 46.5 Å². The molecular formula is C16H14N2O5. The molecule has 2 saturated heterocycles. The highest BCUT2D eigenvalue weighted by Crippen LogP contribution is 2.57. The molecule has 0 radical (unpaired) electrons. The Morgan fingerprint density at radius 2 is 1.61 bits per heavy atom. The summed E-state index contributed by atoms with van der Waals surface area (Å²) in [6, 6.07) is 5.79. The van der Waals surface area contributed by atoms with E-state index in [2.05, 4.69) is 0 Å². The van der Waals surface area contributed by atoms with E-state index in [1.807, 2.05) is 12.2 Å². The number of ether oxygens (including phenoxy) is 1. The van der Waals surface area contributed by atoms with E-state index in [0.29, 0.717) is 0 Å². The van der Waals surface area contributed by atoms with E-state index in [9.17, 15) is 19.7 Å². The molecule has 2 bridgehead atoms. The van der Waals surface area contributed by atoms with E-state index in [1.165, 1.54) is 18.2 Å². The average Bonchev–Trinajstić information content (AvgIpc) is 3.04. The van der Waals surface area contributed by atoms with Crippen LogP contribution in [0.2, 0.25) is 0 Å². The van der Waals surface area contributed by atoms with Gasteiger partial charge < -0.3 is 4.74 Å². The van der Waals surface area contributed by atoms with E-state index >= 15 is 0 Å². The van der Waals surface area contributed by atoms with Crippen molar-refractivity contribution in [3.63, 3.8) is 0 Å². The van der Waals surface area contributed by atoms with Crippen molar-refractivity contribution in [2.24, 2.45) is 11.8 Å². The van der Waals surface area contributed by atoms with E-state index < -0.39 is 39.8 Å². The molecule has 0 spiro atoms. The molecule has 0 aliphatic carbocycles. The van der Waals surface area contributed by atoms with E-state index in [-0.39, 0.29) is 11.4 Å². The highest BCUT2D eigenvalue weighted by atomic mass is 16.6. The van der Waals surface area contributed by atoms with Gasteiger partial charge in [0.05, 0.1) is 28.0 Å². The summed E-state index contributed by atoms with van der Waals surface area (Å²) < 4.78 is 5.90. The predicted octanol–water partition coefficient (Wildman–Crippen LogP) is 1.82. The molecular weight excluding hydrogens is 300 g/mol. The first-order valence-corrected chi connectivity index (χ1v) is 7.30. The summed E-state index contributed by atoms with van der Waals surface area (Å²) in [4.78, 5) is 37.4. The lowest BCUT2D eigenvalue weighted by atomic mass is 9.73. The maximum absolute atomic E-state index is 12.9. The Hall–Kier alpha value is -2.54. The summed E-state index contributed by atoms with van der Waals surface area (Å²) in [6.07, 6.45) is 3.62. The fraction of sp³-hybridized carbons (Fsp3) is 0.375. The number of benzene rings is 1. The van der Waals surface area contributed by atoms with Gasteiger partial charge in [-0.3, -0.25) is 19.7 Å². The lowest BCUT2D eigenvalue weighted by Crippen LogP contribution is -2.39. The second-order valence-corrected chi connectivity index (χ2v) is 6.52. The van der Waals surface area contributed by atoms with Gasteiger partial charge in [0.1, 0.15) is 5.69 Å². The van der Waals surface area contributed by atoms with Gasteiger partial charge >= 0.3 is 0 Å². The van der Waals surface area contributed by atoms with Crippen LogP contribution in [0.4, 0.5) is 11.4 Å². The smallest absolute Gasteiger partial charge is 0.293 e. The van der Waals surface area contributed by atoms with Crippen LogP contribution in [0.5, 0.6) is 0 Å². The third kappa shape index (κ3) is 1.57. The molecule has 0 N–H and O–H groups in total. The molecule has 0 saturated carbocycles. The van der Waals surface area contributed by atoms with Crippen LogP contribution >= 0.6 is 0 Å². The van der Waals surface area contributed by atoms with Crippen LogP contribution in [0.3, 0.4) is 0 Å². The summed E-state index contributed by atoms with van der Waals surface area (Å²) in [7, 11) is 0. The van der Waals surface area contributed by atoms with Gasteiger partial charge in [-0.05, 0) is 19.9 Å². The first-order chi connectivity index (χ1) is 10.8. The summed E-state index contributed by atoms with van der Waals surface area (Å²) >= 11 is 0. The van der Waals surface area contributed by atoms with Gasteiger partial charge in [0, 0.05) is 6.07 Å². The molecule has 23 heavy (non-hydrogen) atoms. The number of hydrogen-bond donors (Lipinski definition) is 0. The molecule has 1 aromatic carbocycles. The van der Waals surface area contributed by atoms with Gasteiger partial charge in [0.2, 0.25) is 11.8 Å². The molecule has 2 fully saturated rings. The highest BCUT2D eigenvalue weighted by molar-refractivity contribution is 6.24. The van der Waals surface area contributed by atoms with Gasteiger partial charge in [0.25, 0.3) is 5.69 Å². The first kappa shape index (κ1) is 14.1. The van der Waals surface area contributed by atoms with Gasteiger partial charge in [0.15, 0.2) is 0 Å². The number of amides is 2. The number of carbonyl (C=O) groups excluding carboxylic acids is 2. The molecule has 3 heterocycles. The molecule has 3 aliphatic rings. The number of nitrogens with zero attached hydrogens (tertiary/aromatic N) is 2. The van der Waals surface area contributed by atoms with Crippen LogP contribution in [-0.4, -0.2) is 27.9 Å². The van der Waals surface area contributed by atoms with Crippen LogP contribution in [0.15, 0.2) is 36.4 Å². The molecule has 7 nitrogen and oxygen atoms in total. The number of nitro benzene ring substituents is 1. The van der Waals surface area contributed by atoms with E-state index in [0.717, 1.165) is 4.90 Å². The molecule has 4 atom stereocenters. The number of carbonyl (C=O) groups is 2. The Bertz CT molecular complexity index is 767. The molecule has 2 amide bonds. The van der Waals surface area contributed by atoms with Crippen LogP contribution in [-0.2, 0) is 14.3 Å². The summed E-state index contributed by atoms with van der Waals surface area (Å²) in [5.41, 5.74) is -1.92. The molecule has 1 aromatic rings. The maximum atomic E-state index is 12.9. The minimum atomic E-state index is -0.843. The van der Waals surface area contributed by atoms with Gasteiger partial charge in [-0.15, -0.1) is 0 Å². The van der Waals surface area contributed by atoms with Crippen LogP contribution in [0.25, 0.3) is 0 Å². The second kappa shape index (κ2) is 4.05. The minimum absolute atomic E-state index is 0.0218. The number of nitro groups is 1. The summed E-state index contributed by atoms with van der Waals surface area (Å²) in [5, 5.41) is 11.2. The van der Waals surface area contributed by atoms with Crippen LogP contribution in [0.1, 0.15) is 13.8 Å². The highest BCUT2D eigenvalue weighted by Gasteiger charge is 2.70. The van der Waals surface area contributed by atoms with E-state index in [4.69, 9.17) is 4.74 Å². The van der Waals surface area contributed by atoms with Crippen molar-refractivity contribution in [1.29, 1.82) is 0 Å². The SMILES string of the molecule is CC12C=C[C@@](C)(O1)[C@@H]1C(=O)N(c3ccccc3[N+](=O)[O-])C(=O)[C@@H]12. The molecule has 3 aliphatic heterocycles. The summed E-state index contributed by atoms with van der Waals surface area (Å²) in [5.74, 6) is -2.18. The molecule has 7 heteroatoms. The number of fused-ring (bicyclic) bond motifs is 5. The fourth-order valence-electron chi connectivity index (χ4n) is 4.08. The zero-order chi connectivity index (χ0) is 16.6. The lowest BCUT2D eigenvalue weighted by molar-refractivity contribution is -0.384. The Morgan fingerprint density at radius 3 is 2.13 bits per heavy atom. The van der Waals surface area contributed by atoms with Crippen molar-refractivity contribution in [2.45, 2.75) is 25.0 Å². The molecule has 4 rings (SSSR count). The lowest BCUT2D eigenvalue weighted by Gasteiger charge is -2.25. The van der Waals surface area contributed by atoms with Gasteiger partial charge in [-0.2, -0.15) is 0 Å². The summed E-state index contributed by atoms with van der Waals surface area (Å²) in [6.45, 7) is 3.54. The third-order valence-electron chi connectivity index (χ3n) is 5.05. The zero-order valence-electron chi connectivity index (χ0n) is 12.6. The zero-order valence-corrected chi connectivity index (χ0v) is 12.6. The van der Waals surface area contributed by atoms with Crippen molar-refractivity contribution in [1.82, 2.24) is 0 Å². The van der Waals surface area contributed by atoms with E-state index in [1.54, 1.807) is 19.9 Å². The van der Waals surface area contributed by atoms with Crippen LogP contribution < -0.4 is 4.90 Å². The normalized spacial score (nSPS) is 37.6. The number of hydrogen-bond acceptors (Lipinski definition) is 5. The predicted molar refractivity (Wildman–Crippen MR) is 79.6 cm³/mol. The Balaban J connectivity index is 1.85. The van der Waals surface area contributed by atoms with Crippen molar-refractivity contribution >= 4 is 23.2 Å². The van der Waals surface area contributed by atoms with Gasteiger partial charge in [-0.25, -0.2) is 4.90 Å². The first-order valence-electron chi connectivity index (χ1n) is 7.30. The van der Waals surface area contributed by atoms with Crippen molar-refractivity contribution < 1.29 is 19.2 Å². The standard InChI is InChI=1S/C16H14N2O5/c1-15-7-8-16(2,23-15)12-11(15)13(19)17(14(12)20)9-5-3-4-6-10(9)18(21)22/h3-8,11-12H,1-2H3/t11-,12+,15+,16?/m0/s1. The quantitative estimate of drug-likeness (QED) is 0.359. The van der Waals surface area contributed by atoms with Gasteiger partial charge in [-0.1, -0.05) is 24.3 Å². The monoisotopic (exact) mass is 314 g/mol. The Labute approximate surface area is 131 Å². The largest absolute Gasteiger partial charge is 0.359 e. The average molecular weight is 314 g/mol. The number of imide groups is 1. The molecule has 118 valence electrons. The molecule has 1 unspecified atom stereocenters. The number of anilines is 1. The Kier molecular flexibility index (Phi) is 2.48. The number of rotatable bonds is 2. The second-order valence-electron chi connectivity index (χ2n) is 6.52. The fourth-order valence-corrected chi connectivity index (χ4v) is 4.08.